The van der Waals surface area contributed by atoms with Crippen LogP contribution in [0.4, 0.5) is 0 Å². The largest absolute Gasteiger partial charge is 0.487 e. The molecule has 0 fully saturated rings. The van der Waals surface area contributed by atoms with Gasteiger partial charge in [0.05, 0.1) is 11.7 Å². The van der Waals surface area contributed by atoms with E-state index in [0.717, 1.165) is 0 Å². The Hall–Kier alpha value is -2.89. The number of rotatable bonds is 6. The molecule has 0 aliphatic carbocycles. The maximum atomic E-state index is 12.7. The lowest BCUT2D eigenvalue weighted by atomic mass is 10.0. The van der Waals surface area contributed by atoms with Crippen molar-refractivity contribution in [3.05, 3.63) is 59.4 Å². The van der Waals surface area contributed by atoms with Crippen LogP contribution in [0.3, 0.4) is 0 Å². The van der Waals surface area contributed by atoms with Gasteiger partial charge >= 0.3 is 0 Å². The molecule has 136 valence electrons. The lowest BCUT2D eigenvalue weighted by molar-refractivity contribution is 0.0714. The maximum Gasteiger partial charge on any atom is 0.275 e. The Labute approximate surface area is 152 Å². The first-order chi connectivity index (χ1) is 12.5. The molecule has 3 rings (SSSR count). The van der Waals surface area contributed by atoms with Gasteiger partial charge in [0, 0.05) is 12.1 Å². The molecule has 1 atom stereocenters. The fourth-order valence-corrected chi connectivity index (χ4v) is 3.00. The Kier molecular flexibility index (Phi) is 5.21. The minimum atomic E-state index is -0.0882. The molecule has 0 saturated heterocycles. The van der Waals surface area contributed by atoms with Crippen molar-refractivity contribution in [1.82, 2.24) is 15.1 Å². The molecule has 6 nitrogen and oxygen atoms in total. The van der Waals surface area contributed by atoms with E-state index in [-0.39, 0.29) is 24.3 Å². The number of nitrogens with zero attached hydrogens (tertiary/aromatic N) is 2. The van der Waals surface area contributed by atoms with E-state index in [2.05, 4.69) is 30.1 Å². The number of amides is 1. The smallest absolute Gasteiger partial charge is 0.275 e. The summed E-state index contributed by atoms with van der Waals surface area (Å²) in [4.78, 5) is 25.9. The number of hydrogen-bond donors (Lipinski definition) is 1. The summed E-state index contributed by atoms with van der Waals surface area (Å²) in [5.41, 5.74) is 1.69. The third-order valence-electron chi connectivity index (χ3n) is 4.42. The molecule has 0 saturated carbocycles. The summed E-state index contributed by atoms with van der Waals surface area (Å²) < 4.78 is 5.70. The Balaban J connectivity index is 1.64. The normalized spacial score (nSPS) is 16.3. The summed E-state index contributed by atoms with van der Waals surface area (Å²) in [5.74, 6) is 0.857. The van der Waals surface area contributed by atoms with E-state index in [1.807, 2.05) is 11.0 Å². The predicted octanol–water partition coefficient (Wildman–Crippen LogP) is 3.23. The lowest BCUT2D eigenvalue weighted by Crippen LogP contribution is -2.39. The van der Waals surface area contributed by atoms with Crippen LogP contribution < -0.4 is 4.74 Å². The molecular formula is C20H23N3O3. The lowest BCUT2D eigenvalue weighted by Gasteiger charge is -2.26. The first kappa shape index (κ1) is 17.9. The van der Waals surface area contributed by atoms with Gasteiger partial charge in [-0.15, -0.1) is 0 Å². The Bertz CT molecular complexity index is 838. The number of carbonyl (C=O) groups is 2. The van der Waals surface area contributed by atoms with Gasteiger partial charge in [-0.25, -0.2) is 0 Å². The van der Waals surface area contributed by atoms with E-state index in [4.69, 9.17) is 4.74 Å². The van der Waals surface area contributed by atoms with Crippen molar-refractivity contribution >= 4 is 11.7 Å². The molecule has 1 aliphatic rings. The molecule has 6 heteroatoms. The molecule has 26 heavy (non-hydrogen) atoms. The number of aromatic amines is 1. The monoisotopic (exact) mass is 353 g/mol. The second kappa shape index (κ2) is 7.56. The average molecular weight is 353 g/mol. The number of ether oxygens (including phenoxy) is 1. The van der Waals surface area contributed by atoms with Gasteiger partial charge in [-0.1, -0.05) is 38.1 Å². The van der Waals surface area contributed by atoms with Crippen molar-refractivity contribution < 1.29 is 14.3 Å². The number of ketones is 1. The number of carbonyl (C=O) groups excluding carboxylic acids is 2. The van der Waals surface area contributed by atoms with Crippen LogP contribution in [0.1, 0.15) is 47.3 Å². The Morgan fingerprint density at radius 3 is 2.88 bits per heavy atom. The molecule has 0 radical (unpaired) electrons. The van der Waals surface area contributed by atoms with E-state index in [0.29, 0.717) is 35.2 Å². The molecule has 1 N–H and O–H groups in total. The molecule has 1 unspecified atom stereocenters. The number of Topliss-reactive ketones (excluding diaryl/α,β-unsaturated/α-hetero) is 1. The van der Waals surface area contributed by atoms with Crippen LogP contribution in [0.5, 0.6) is 5.75 Å². The molecule has 1 aromatic heterocycles. The molecule has 1 aromatic carbocycles. The van der Waals surface area contributed by atoms with Gasteiger partial charge in [0.15, 0.2) is 11.5 Å². The maximum absolute atomic E-state index is 12.7. The molecule has 0 bridgehead atoms. The SMILES string of the molecule is CC(=O)c1cccc(OCc2cc(C(=O)N3CC=CC3C(C)C)n[nH]2)c1. The summed E-state index contributed by atoms with van der Waals surface area (Å²) in [7, 11) is 0. The topological polar surface area (TPSA) is 75.3 Å². The molecule has 1 aliphatic heterocycles. The zero-order chi connectivity index (χ0) is 18.7. The van der Waals surface area contributed by atoms with E-state index in [9.17, 15) is 9.59 Å². The highest BCUT2D eigenvalue weighted by Gasteiger charge is 2.29. The summed E-state index contributed by atoms with van der Waals surface area (Å²) in [6, 6.07) is 8.84. The van der Waals surface area contributed by atoms with Crippen LogP contribution in [0, 0.1) is 5.92 Å². The fraction of sp³-hybridized carbons (Fsp3) is 0.350. The zero-order valence-corrected chi connectivity index (χ0v) is 15.2. The number of benzene rings is 1. The quantitative estimate of drug-likeness (QED) is 0.639. The zero-order valence-electron chi connectivity index (χ0n) is 15.2. The van der Waals surface area contributed by atoms with Crippen LogP contribution in [-0.4, -0.2) is 39.4 Å². The van der Waals surface area contributed by atoms with E-state index >= 15 is 0 Å². The highest BCUT2D eigenvalue weighted by molar-refractivity contribution is 5.94. The highest BCUT2D eigenvalue weighted by atomic mass is 16.5. The highest BCUT2D eigenvalue weighted by Crippen LogP contribution is 2.20. The van der Waals surface area contributed by atoms with Crippen molar-refractivity contribution in [2.24, 2.45) is 5.92 Å². The molecule has 2 heterocycles. The summed E-state index contributed by atoms with van der Waals surface area (Å²) in [5, 5.41) is 6.99. The Morgan fingerprint density at radius 1 is 1.35 bits per heavy atom. The number of H-pyrrole nitrogens is 1. The first-order valence-corrected chi connectivity index (χ1v) is 8.71. The van der Waals surface area contributed by atoms with Gasteiger partial charge in [-0.05, 0) is 31.0 Å². The summed E-state index contributed by atoms with van der Waals surface area (Å²) >= 11 is 0. The van der Waals surface area contributed by atoms with Crippen LogP contribution in [0.2, 0.25) is 0 Å². The van der Waals surface area contributed by atoms with Gasteiger partial charge in [0.25, 0.3) is 5.91 Å². The minimum absolute atomic E-state index is 0.0104. The van der Waals surface area contributed by atoms with Crippen LogP contribution in [0.25, 0.3) is 0 Å². The van der Waals surface area contributed by atoms with Crippen molar-refractivity contribution in [3.63, 3.8) is 0 Å². The molecule has 0 spiro atoms. The van der Waals surface area contributed by atoms with Gasteiger partial charge in [0.1, 0.15) is 12.4 Å². The average Bonchev–Trinajstić information content (AvgIpc) is 3.29. The molecular weight excluding hydrogens is 330 g/mol. The second-order valence-corrected chi connectivity index (χ2v) is 6.77. The predicted molar refractivity (Wildman–Crippen MR) is 98.2 cm³/mol. The number of hydrogen-bond acceptors (Lipinski definition) is 4. The fourth-order valence-electron chi connectivity index (χ4n) is 3.00. The van der Waals surface area contributed by atoms with E-state index in [1.54, 1.807) is 30.3 Å². The number of nitrogens with one attached hydrogen (secondary N) is 1. The van der Waals surface area contributed by atoms with Crippen molar-refractivity contribution in [3.8, 4) is 5.75 Å². The van der Waals surface area contributed by atoms with Crippen LogP contribution in [-0.2, 0) is 6.61 Å². The van der Waals surface area contributed by atoms with Gasteiger partial charge in [0.2, 0.25) is 0 Å². The summed E-state index contributed by atoms with van der Waals surface area (Å²) in [6.07, 6.45) is 4.09. The van der Waals surface area contributed by atoms with Crippen LogP contribution >= 0.6 is 0 Å². The minimum Gasteiger partial charge on any atom is -0.487 e. The van der Waals surface area contributed by atoms with Crippen LogP contribution in [0.15, 0.2) is 42.5 Å². The second-order valence-electron chi connectivity index (χ2n) is 6.77. The van der Waals surface area contributed by atoms with Crippen molar-refractivity contribution in [2.75, 3.05) is 6.54 Å². The van der Waals surface area contributed by atoms with E-state index in [1.165, 1.54) is 6.92 Å². The van der Waals surface area contributed by atoms with Gasteiger partial charge in [-0.3, -0.25) is 14.7 Å². The third-order valence-corrected chi connectivity index (χ3v) is 4.42. The van der Waals surface area contributed by atoms with E-state index < -0.39 is 0 Å². The molecule has 1 amide bonds. The number of aromatic nitrogens is 2. The Morgan fingerprint density at radius 2 is 2.15 bits per heavy atom. The van der Waals surface area contributed by atoms with Gasteiger partial charge in [-0.2, -0.15) is 5.10 Å². The van der Waals surface area contributed by atoms with Crippen molar-refractivity contribution in [2.45, 2.75) is 33.4 Å². The molecule has 2 aromatic rings. The van der Waals surface area contributed by atoms with Crippen molar-refractivity contribution in [1.29, 1.82) is 0 Å². The third kappa shape index (κ3) is 3.85. The van der Waals surface area contributed by atoms with Gasteiger partial charge < -0.3 is 9.64 Å². The first-order valence-electron chi connectivity index (χ1n) is 8.71. The standard InChI is InChI=1S/C20H23N3O3/c1-13(2)19-8-5-9-23(19)20(25)18-11-16(21-22-18)12-26-17-7-4-6-15(10-17)14(3)24/h4-8,10-11,13,19H,9,12H2,1-3H3,(H,21,22). The summed E-state index contributed by atoms with van der Waals surface area (Å²) in [6.45, 7) is 6.56.